The molecule has 1 aromatic carbocycles. The molecule has 3 aromatic rings. The van der Waals surface area contributed by atoms with Crippen molar-refractivity contribution in [3.8, 4) is 5.75 Å². The van der Waals surface area contributed by atoms with Gasteiger partial charge in [-0.1, -0.05) is 0 Å². The van der Waals surface area contributed by atoms with Crippen LogP contribution in [-0.2, 0) is 6.54 Å². The van der Waals surface area contributed by atoms with Gasteiger partial charge in [-0.2, -0.15) is 0 Å². The van der Waals surface area contributed by atoms with Gasteiger partial charge in [0.1, 0.15) is 11.9 Å². The predicted molar refractivity (Wildman–Crippen MR) is 92.2 cm³/mol. The van der Waals surface area contributed by atoms with E-state index in [0.29, 0.717) is 5.39 Å². The molecule has 1 aliphatic heterocycles. The van der Waals surface area contributed by atoms with Crippen LogP contribution in [0.3, 0.4) is 0 Å². The van der Waals surface area contributed by atoms with E-state index in [0.717, 1.165) is 43.6 Å². The number of ether oxygens (including phenoxy) is 1. The van der Waals surface area contributed by atoms with Gasteiger partial charge in [0.25, 0.3) is 5.56 Å². The zero-order chi connectivity index (χ0) is 16.4. The van der Waals surface area contributed by atoms with Gasteiger partial charge in [-0.3, -0.25) is 9.69 Å². The van der Waals surface area contributed by atoms with Crippen LogP contribution in [0.5, 0.6) is 5.75 Å². The largest absolute Gasteiger partial charge is 0.490 e. The Morgan fingerprint density at radius 1 is 1.21 bits per heavy atom. The molecule has 0 amide bonds. The van der Waals surface area contributed by atoms with Gasteiger partial charge in [0.15, 0.2) is 0 Å². The number of aromatic amines is 1. The molecule has 4 rings (SSSR count). The molecular weight excluding hydrogens is 304 g/mol. The van der Waals surface area contributed by atoms with E-state index in [1.807, 2.05) is 30.3 Å². The van der Waals surface area contributed by atoms with Crippen molar-refractivity contribution in [3.05, 3.63) is 65.0 Å². The van der Waals surface area contributed by atoms with Crippen LogP contribution < -0.4 is 10.3 Å². The van der Waals surface area contributed by atoms with Crippen LogP contribution in [0.2, 0.25) is 0 Å². The first-order valence-electron chi connectivity index (χ1n) is 8.29. The summed E-state index contributed by atoms with van der Waals surface area (Å²) in [5.41, 5.74) is 1.15. The van der Waals surface area contributed by atoms with Gasteiger partial charge < -0.3 is 14.1 Å². The van der Waals surface area contributed by atoms with E-state index in [1.54, 1.807) is 18.7 Å². The van der Waals surface area contributed by atoms with Crippen LogP contribution in [0.1, 0.15) is 18.4 Å². The second-order valence-corrected chi connectivity index (χ2v) is 6.28. The Labute approximate surface area is 139 Å². The molecule has 0 bridgehead atoms. The standard InChI is InChI=1S/C19H20N2O3/c22-19-18-2-1-17(11-15(18)3-7-20-19)24-16-4-8-21(9-5-16)12-14-6-10-23-13-14/h1-3,6-7,10-11,13,16H,4-5,8-9,12H2,(H,20,22). The third-order valence-electron chi connectivity index (χ3n) is 4.57. The van der Waals surface area contributed by atoms with E-state index in [4.69, 9.17) is 9.15 Å². The van der Waals surface area contributed by atoms with Crippen molar-refractivity contribution in [1.82, 2.24) is 9.88 Å². The number of nitrogens with zero attached hydrogens (tertiary/aromatic N) is 1. The van der Waals surface area contributed by atoms with E-state index < -0.39 is 0 Å². The molecule has 0 spiro atoms. The molecule has 5 nitrogen and oxygen atoms in total. The fourth-order valence-electron chi connectivity index (χ4n) is 3.26. The molecule has 0 saturated carbocycles. The third kappa shape index (κ3) is 3.21. The first-order valence-corrected chi connectivity index (χ1v) is 8.29. The van der Waals surface area contributed by atoms with Crippen molar-refractivity contribution < 1.29 is 9.15 Å². The zero-order valence-electron chi connectivity index (χ0n) is 13.4. The summed E-state index contributed by atoms with van der Waals surface area (Å²) in [6.45, 7) is 2.97. The molecular formula is C19H20N2O3. The molecule has 3 heterocycles. The van der Waals surface area contributed by atoms with E-state index >= 15 is 0 Å². The van der Waals surface area contributed by atoms with Crippen LogP contribution >= 0.6 is 0 Å². The highest BCUT2D eigenvalue weighted by molar-refractivity contribution is 5.82. The Balaban J connectivity index is 1.37. The number of H-pyrrole nitrogens is 1. The van der Waals surface area contributed by atoms with Crippen molar-refractivity contribution >= 4 is 10.8 Å². The lowest BCUT2D eigenvalue weighted by Crippen LogP contribution is -2.37. The second kappa shape index (κ2) is 6.53. The molecule has 5 heteroatoms. The van der Waals surface area contributed by atoms with Crippen molar-refractivity contribution in [1.29, 1.82) is 0 Å². The van der Waals surface area contributed by atoms with Gasteiger partial charge in [0, 0.05) is 36.8 Å². The number of piperidine rings is 1. The molecule has 1 saturated heterocycles. The van der Waals surface area contributed by atoms with Crippen molar-refractivity contribution in [2.75, 3.05) is 13.1 Å². The quantitative estimate of drug-likeness (QED) is 0.801. The minimum absolute atomic E-state index is 0.0633. The summed E-state index contributed by atoms with van der Waals surface area (Å²) in [4.78, 5) is 16.8. The van der Waals surface area contributed by atoms with Gasteiger partial charge in [0.05, 0.1) is 12.5 Å². The lowest BCUT2D eigenvalue weighted by atomic mass is 10.1. The van der Waals surface area contributed by atoms with Crippen molar-refractivity contribution in [2.45, 2.75) is 25.5 Å². The normalized spacial score (nSPS) is 16.5. The molecule has 2 aromatic heterocycles. The summed E-state index contributed by atoms with van der Waals surface area (Å²) in [6, 6.07) is 9.58. The number of hydrogen-bond acceptors (Lipinski definition) is 4. The highest BCUT2D eigenvalue weighted by atomic mass is 16.5. The number of pyridine rings is 1. The molecule has 1 aliphatic rings. The third-order valence-corrected chi connectivity index (χ3v) is 4.57. The lowest BCUT2D eigenvalue weighted by Gasteiger charge is -2.31. The minimum atomic E-state index is -0.0633. The molecule has 124 valence electrons. The van der Waals surface area contributed by atoms with Crippen molar-refractivity contribution in [2.24, 2.45) is 0 Å². The molecule has 0 aliphatic carbocycles. The topological polar surface area (TPSA) is 58.5 Å². The molecule has 0 unspecified atom stereocenters. The fourth-order valence-corrected chi connectivity index (χ4v) is 3.26. The summed E-state index contributed by atoms with van der Waals surface area (Å²) in [5, 5.41) is 1.61. The Bertz CT molecular complexity index is 862. The number of aromatic nitrogens is 1. The smallest absolute Gasteiger partial charge is 0.255 e. The Morgan fingerprint density at radius 2 is 2.08 bits per heavy atom. The van der Waals surface area contributed by atoms with Crippen LogP contribution in [0, 0.1) is 0 Å². The van der Waals surface area contributed by atoms with E-state index in [-0.39, 0.29) is 11.7 Å². The summed E-state index contributed by atoms with van der Waals surface area (Å²) in [7, 11) is 0. The fraction of sp³-hybridized carbons (Fsp3) is 0.316. The molecule has 24 heavy (non-hydrogen) atoms. The van der Waals surface area contributed by atoms with Gasteiger partial charge in [-0.15, -0.1) is 0 Å². The van der Waals surface area contributed by atoms with Crippen molar-refractivity contribution in [3.63, 3.8) is 0 Å². The molecule has 1 N–H and O–H groups in total. The molecule has 0 atom stereocenters. The van der Waals surface area contributed by atoms with Gasteiger partial charge in [-0.25, -0.2) is 0 Å². The Kier molecular flexibility index (Phi) is 4.09. The summed E-state index contributed by atoms with van der Waals surface area (Å²) >= 11 is 0. The van der Waals surface area contributed by atoms with Crippen LogP contribution in [-0.4, -0.2) is 29.1 Å². The second-order valence-electron chi connectivity index (χ2n) is 6.28. The maximum absolute atomic E-state index is 11.7. The number of furan rings is 1. The van der Waals surface area contributed by atoms with E-state index in [2.05, 4.69) is 9.88 Å². The maximum Gasteiger partial charge on any atom is 0.255 e. The summed E-state index contributed by atoms with van der Waals surface area (Å²) in [6.07, 6.45) is 7.43. The van der Waals surface area contributed by atoms with Crippen LogP contribution in [0.15, 0.2) is 58.3 Å². The average Bonchev–Trinajstić information content (AvgIpc) is 3.10. The highest BCUT2D eigenvalue weighted by Crippen LogP contribution is 2.23. The monoisotopic (exact) mass is 324 g/mol. The first-order chi connectivity index (χ1) is 11.8. The SMILES string of the molecule is O=c1[nH]ccc2cc(OC3CCN(Cc4ccoc4)CC3)ccc12. The van der Waals surface area contributed by atoms with Gasteiger partial charge in [-0.05, 0) is 48.6 Å². The number of rotatable bonds is 4. The number of benzene rings is 1. The highest BCUT2D eigenvalue weighted by Gasteiger charge is 2.21. The number of nitrogens with one attached hydrogen (secondary N) is 1. The average molecular weight is 324 g/mol. The van der Waals surface area contributed by atoms with Crippen LogP contribution in [0.25, 0.3) is 10.8 Å². The Hall–Kier alpha value is -2.53. The first kappa shape index (κ1) is 15.0. The molecule has 0 radical (unpaired) electrons. The number of fused-ring (bicyclic) bond motifs is 1. The van der Waals surface area contributed by atoms with E-state index in [1.165, 1.54) is 5.56 Å². The van der Waals surface area contributed by atoms with Crippen LogP contribution in [0.4, 0.5) is 0 Å². The Morgan fingerprint density at radius 3 is 2.88 bits per heavy atom. The maximum atomic E-state index is 11.7. The van der Waals surface area contributed by atoms with E-state index in [9.17, 15) is 4.79 Å². The minimum Gasteiger partial charge on any atom is -0.490 e. The number of likely N-dealkylation sites (tertiary alicyclic amines) is 1. The number of hydrogen-bond donors (Lipinski definition) is 1. The zero-order valence-corrected chi connectivity index (χ0v) is 13.4. The van der Waals surface area contributed by atoms with Gasteiger partial charge in [0.2, 0.25) is 0 Å². The summed E-state index contributed by atoms with van der Waals surface area (Å²) < 4.78 is 11.3. The summed E-state index contributed by atoms with van der Waals surface area (Å²) in [5.74, 6) is 0.835. The predicted octanol–water partition coefficient (Wildman–Crippen LogP) is 3.16. The van der Waals surface area contributed by atoms with Gasteiger partial charge >= 0.3 is 0 Å². The molecule has 1 fully saturated rings. The lowest BCUT2D eigenvalue weighted by molar-refractivity contribution is 0.0968.